The van der Waals surface area contributed by atoms with Crippen LogP contribution in [0.3, 0.4) is 0 Å². The first-order valence-corrected chi connectivity index (χ1v) is 5.03. The number of likely N-dealkylation sites (tertiary alicyclic amines) is 1. The monoisotopic (exact) mass is 200 g/mol. The van der Waals surface area contributed by atoms with Gasteiger partial charge in [-0.2, -0.15) is 0 Å². The Bertz CT molecular complexity index is 213. The Hall–Kier alpha value is -0.770. The number of nitrogens with zero attached hydrogens (tertiary/aromatic N) is 1. The predicted octanol–water partition coefficient (Wildman–Crippen LogP) is 1.20. The normalized spacial score (nSPS) is 27.9. The molecule has 1 aliphatic heterocycles. The second-order valence-corrected chi connectivity index (χ2v) is 5.03. The minimum Gasteiger partial charge on any atom is -0.444 e. The van der Waals surface area contributed by atoms with Gasteiger partial charge in [0.1, 0.15) is 5.60 Å². The van der Waals surface area contributed by atoms with Crippen molar-refractivity contribution < 1.29 is 9.53 Å². The van der Waals surface area contributed by atoms with Crippen LogP contribution >= 0.6 is 0 Å². The first-order valence-electron chi connectivity index (χ1n) is 5.03. The number of rotatable bonds is 0. The van der Waals surface area contributed by atoms with Crippen LogP contribution in [0.1, 0.15) is 27.7 Å². The van der Waals surface area contributed by atoms with E-state index in [4.69, 9.17) is 10.5 Å². The lowest BCUT2D eigenvalue weighted by Crippen LogP contribution is -2.36. The van der Waals surface area contributed by atoms with Gasteiger partial charge in [0.05, 0.1) is 0 Å². The van der Waals surface area contributed by atoms with Crippen LogP contribution in [0, 0.1) is 5.92 Å². The van der Waals surface area contributed by atoms with Crippen molar-refractivity contribution in [1.82, 2.24) is 4.90 Å². The third-order valence-electron chi connectivity index (χ3n) is 2.32. The third kappa shape index (κ3) is 2.87. The summed E-state index contributed by atoms with van der Waals surface area (Å²) in [5, 5.41) is 0. The van der Waals surface area contributed by atoms with Crippen LogP contribution in [-0.2, 0) is 4.74 Å². The molecule has 0 aromatic heterocycles. The Morgan fingerprint density at radius 3 is 2.36 bits per heavy atom. The zero-order valence-corrected chi connectivity index (χ0v) is 9.41. The van der Waals surface area contributed by atoms with E-state index in [1.807, 2.05) is 20.8 Å². The van der Waals surface area contributed by atoms with Crippen LogP contribution in [-0.4, -0.2) is 35.7 Å². The highest BCUT2D eigenvalue weighted by Gasteiger charge is 2.32. The molecule has 1 rings (SSSR count). The number of hydrogen-bond donors (Lipinski definition) is 1. The summed E-state index contributed by atoms with van der Waals surface area (Å²) in [6, 6.07) is 0.0857. The number of carbonyl (C=O) groups is 1. The van der Waals surface area contributed by atoms with Crippen LogP contribution in [0.25, 0.3) is 0 Å². The van der Waals surface area contributed by atoms with Gasteiger partial charge in [0.25, 0.3) is 0 Å². The Kier molecular flexibility index (Phi) is 3.04. The molecule has 0 spiro atoms. The molecule has 82 valence electrons. The number of nitrogens with two attached hydrogens (primary N) is 1. The standard InChI is InChI=1S/C10H20N2O2/c1-7-5-12(6-8(7)11)9(13)14-10(2,3)4/h7-8H,5-6,11H2,1-4H3/t7-,8+/m1/s1. The van der Waals surface area contributed by atoms with Gasteiger partial charge in [-0.05, 0) is 26.7 Å². The van der Waals surface area contributed by atoms with E-state index >= 15 is 0 Å². The molecule has 1 aliphatic rings. The molecule has 0 aromatic carbocycles. The van der Waals surface area contributed by atoms with Gasteiger partial charge in [-0.25, -0.2) is 4.79 Å². The van der Waals surface area contributed by atoms with Crippen LogP contribution in [0.4, 0.5) is 4.79 Å². The Morgan fingerprint density at radius 2 is 2.00 bits per heavy atom. The van der Waals surface area contributed by atoms with Crippen LogP contribution in [0.15, 0.2) is 0 Å². The lowest BCUT2D eigenvalue weighted by atomic mass is 10.1. The van der Waals surface area contributed by atoms with Crippen molar-refractivity contribution in [2.45, 2.75) is 39.3 Å². The molecule has 1 amide bonds. The summed E-state index contributed by atoms with van der Waals surface area (Å²) in [5.41, 5.74) is 5.40. The molecule has 4 nitrogen and oxygen atoms in total. The fourth-order valence-electron chi connectivity index (χ4n) is 1.47. The highest BCUT2D eigenvalue weighted by Crippen LogP contribution is 2.17. The maximum absolute atomic E-state index is 11.6. The second kappa shape index (κ2) is 3.77. The van der Waals surface area contributed by atoms with Gasteiger partial charge < -0.3 is 15.4 Å². The molecule has 1 fully saturated rings. The molecule has 0 aromatic rings. The Morgan fingerprint density at radius 1 is 1.43 bits per heavy atom. The van der Waals surface area contributed by atoms with E-state index in [-0.39, 0.29) is 12.1 Å². The first kappa shape index (κ1) is 11.3. The van der Waals surface area contributed by atoms with Gasteiger partial charge in [-0.3, -0.25) is 0 Å². The molecule has 0 aliphatic carbocycles. The summed E-state index contributed by atoms with van der Waals surface area (Å²) < 4.78 is 5.25. The molecule has 0 saturated carbocycles. The lowest BCUT2D eigenvalue weighted by Gasteiger charge is -2.24. The maximum Gasteiger partial charge on any atom is 0.410 e. The molecule has 0 radical (unpaired) electrons. The zero-order valence-electron chi connectivity index (χ0n) is 9.41. The molecule has 14 heavy (non-hydrogen) atoms. The molecule has 0 bridgehead atoms. The highest BCUT2D eigenvalue weighted by molar-refractivity contribution is 5.68. The molecule has 4 heteroatoms. The van der Waals surface area contributed by atoms with Crippen LogP contribution in [0.5, 0.6) is 0 Å². The van der Waals surface area contributed by atoms with Crippen LogP contribution < -0.4 is 5.73 Å². The molecule has 1 heterocycles. The topological polar surface area (TPSA) is 55.6 Å². The first-order chi connectivity index (χ1) is 6.29. The highest BCUT2D eigenvalue weighted by atomic mass is 16.6. The van der Waals surface area contributed by atoms with Gasteiger partial charge in [-0.1, -0.05) is 6.92 Å². The van der Waals surface area contributed by atoms with Crippen molar-refractivity contribution in [1.29, 1.82) is 0 Å². The molecule has 1 saturated heterocycles. The SMILES string of the molecule is C[C@@H]1CN(C(=O)OC(C)(C)C)C[C@@H]1N. The van der Waals surface area contributed by atoms with Gasteiger partial charge in [-0.15, -0.1) is 0 Å². The van der Waals surface area contributed by atoms with Crippen molar-refractivity contribution >= 4 is 6.09 Å². The van der Waals surface area contributed by atoms with Gasteiger partial charge in [0.15, 0.2) is 0 Å². The second-order valence-electron chi connectivity index (χ2n) is 5.03. The number of ether oxygens (including phenoxy) is 1. The van der Waals surface area contributed by atoms with Crippen molar-refractivity contribution in [3.63, 3.8) is 0 Å². The fraction of sp³-hybridized carbons (Fsp3) is 0.900. The molecular formula is C10H20N2O2. The molecule has 2 atom stereocenters. The van der Waals surface area contributed by atoms with E-state index in [0.29, 0.717) is 19.0 Å². The van der Waals surface area contributed by atoms with E-state index in [2.05, 4.69) is 6.92 Å². The Labute approximate surface area is 85.4 Å². The fourth-order valence-corrected chi connectivity index (χ4v) is 1.47. The number of hydrogen-bond acceptors (Lipinski definition) is 3. The molecular weight excluding hydrogens is 180 g/mol. The van der Waals surface area contributed by atoms with E-state index < -0.39 is 5.60 Å². The summed E-state index contributed by atoms with van der Waals surface area (Å²) in [4.78, 5) is 13.3. The van der Waals surface area contributed by atoms with Crippen LogP contribution in [0.2, 0.25) is 0 Å². The minimum absolute atomic E-state index is 0.0857. The Balaban J connectivity index is 2.48. The van der Waals surface area contributed by atoms with E-state index in [9.17, 15) is 4.79 Å². The average molecular weight is 200 g/mol. The average Bonchev–Trinajstić information content (AvgIpc) is 2.28. The zero-order chi connectivity index (χ0) is 10.9. The third-order valence-corrected chi connectivity index (χ3v) is 2.32. The summed E-state index contributed by atoms with van der Waals surface area (Å²) in [6.07, 6.45) is -0.252. The smallest absolute Gasteiger partial charge is 0.410 e. The maximum atomic E-state index is 11.6. The van der Waals surface area contributed by atoms with Gasteiger partial charge in [0.2, 0.25) is 0 Å². The van der Waals surface area contributed by atoms with Crippen molar-refractivity contribution in [3.8, 4) is 0 Å². The lowest BCUT2D eigenvalue weighted by molar-refractivity contribution is 0.0287. The predicted molar refractivity (Wildman–Crippen MR) is 54.9 cm³/mol. The molecule has 0 unspecified atom stereocenters. The van der Waals surface area contributed by atoms with Crippen molar-refractivity contribution in [2.24, 2.45) is 11.7 Å². The quantitative estimate of drug-likeness (QED) is 0.639. The number of amides is 1. The van der Waals surface area contributed by atoms with Gasteiger partial charge in [0, 0.05) is 19.1 Å². The van der Waals surface area contributed by atoms with E-state index in [1.165, 1.54) is 0 Å². The molecule has 2 N–H and O–H groups in total. The van der Waals surface area contributed by atoms with E-state index in [1.54, 1.807) is 4.90 Å². The van der Waals surface area contributed by atoms with Crippen molar-refractivity contribution in [3.05, 3.63) is 0 Å². The van der Waals surface area contributed by atoms with Crippen molar-refractivity contribution in [2.75, 3.05) is 13.1 Å². The summed E-state index contributed by atoms with van der Waals surface area (Å²) in [5.74, 6) is 0.363. The largest absolute Gasteiger partial charge is 0.444 e. The summed E-state index contributed by atoms with van der Waals surface area (Å²) in [7, 11) is 0. The minimum atomic E-state index is -0.424. The summed E-state index contributed by atoms with van der Waals surface area (Å²) >= 11 is 0. The van der Waals surface area contributed by atoms with Gasteiger partial charge >= 0.3 is 6.09 Å². The van der Waals surface area contributed by atoms with E-state index in [0.717, 1.165) is 0 Å². The summed E-state index contributed by atoms with van der Waals surface area (Å²) in [6.45, 7) is 8.96. The number of carbonyl (C=O) groups excluding carboxylic acids is 1.